The third-order valence-corrected chi connectivity index (χ3v) is 2.18. The molecule has 72 valence electrons. The molecule has 0 spiro atoms. The van der Waals surface area contributed by atoms with E-state index in [0.29, 0.717) is 5.65 Å². The van der Waals surface area contributed by atoms with E-state index in [1.807, 2.05) is 36.4 Å². The first-order valence-electron chi connectivity index (χ1n) is 5.09. The average molecular weight is 197 g/mol. The second-order valence-corrected chi connectivity index (χ2v) is 3.15. The van der Waals surface area contributed by atoms with Crippen molar-refractivity contribution in [3.05, 3.63) is 48.8 Å². The summed E-state index contributed by atoms with van der Waals surface area (Å²) in [5.41, 5.74) is 2.41. The zero-order valence-electron chi connectivity index (χ0n) is 8.83. The van der Waals surface area contributed by atoms with Gasteiger partial charge in [-0.1, -0.05) is 30.3 Å². The molecule has 0 saturated heterocycles. The van der Waals surface area contributed by atoms with Gasteiger partial charge in [-0.3, -0.25) is 0 Å². The van der Waals surface area contributed by atoms with Crippen molar-refractivity contribution in [2.45, 2.75) is 0 Å². The molecule has 0 bridgehead atoms. The molecule has 4 heteroatoms. The van der Waals surface area contributed by atoms with Gasteiger partial charge in [0.15, 0.2) is 5.65 Å². The SMILES string of the molecule is [2H]c1nnc2ccc(-c3ccccc3)nn12. The molecule has 0 fully saturated rings. The van der Waals surface area contributed by atoms with E-state index in [4.69, 9.17) is 1.37 Å². The predicted molar refractivity (Wildman–Crippen MR) is 56.2 cm³/mol. The van der Waals surface area contributed by atoms with Crippen molar-refractivity contribution >= 4 is 5.65 Å². The van der Waals surface area contributed by atoms with Crippen molar-refractivity contribution in [2.24, 2.45) is 0 Å². The largest absolute Gasteiger partial charge is 0.200 e. The van der Waals surface area contributed by atoms with Gasteiger partial charge in [0.2, 0.25) is 0 Å². The molecular formula is C11H8N4. The summed E-state index contributed by atoms with van der Waals surface area (Å²) in [5.74, 6) is 0. The van der Waals surface area contributed by atoms with Crippen LogP contribution in [-0.4, -0.2) is 19.8 Å². The second kappa shape index (κ2) is 3.16. The minimum atomic E-state index is 0.0489. The minimum Gasteiger partial charge on any atom is -0.200 e. The van der Waals surface area contributed by atoms with Crippen LogP contribution in [0.4, 0.5) is 0 Å². The Morgan fingerprint density at radius 1 is 1.07 bits per heavy atom. The lowest BCUT2D eigenvalue weighted by molar-refractivity contribution is 0.932. The molecule has 0 N–H and O–H groups in total. The lowest BCUT2D eigenvalue weighted by Crippen LogP contribution is -1.92. The molecule has 0 saturated carbocycles. The molecule has 0 aliphatic heterocycles. The first-order chi connectivity index (χ1) is 7.84. The van der Waals surface area contributed by atoms with E-state index in [1.165, 1.54) is 4.52 Å². The first-order valence-corrected chi connectivity index (χ1v) is 4.59. The van der Waals surface area contributed by atoms with E-state index < -0.39 is 0 Å². The normalized spacial score (nSPS) is 11.6. The topological polar surface area (TPSA) is 43.1 Å². The highest BCUT2D eigenvalue weighted by Gasteiger charge is 2.00. The lowest BCUT2D eigenvalue weighted by atomic mass is 10.1. The van der Waals surface area contributed by atoms with E-state index in [-0.39, 0.29) is 6.30 Å². The Morgan fingerprint density at radius 2 is 1.93 bits per heavy atom. The molecule has 0 atom stereocenters. The third-order valence-electron chi connectivity index (χ3n) is 2.18. The summed E-state index contributed by atoms with van der Waals surface area (Å²) in [5, 5.41) is 11.8. The zero-order valence-corrected chi connectivity index (χ0v) is 7.83. The Labute approximate surface area is 87.6 Å². The highest BCUT2D eigenvalue weighted by molar-refractivity contribution is 5.59. The van der Waals surface area contributed by atoms with Gasteiger partial charge in [-0.05, 0) is 12.1 Å². The molecule has 3 aromatic rings. The number of fused-ring (bicyclic) bond motifs is 1. The highest BCUT2D eigenvalue weighted by Crippen LogP contribution is 2.15. The van der Waals surface area contributed by atoms with Crippen LogP contribution in [0.2, 0.25) is 0 Å². The highest BCUT2D eigenvalue weighted by atomic mass is 15.3. The lowest BCUT2D eigenvalue weighted by Gasteiger charge is -1.99. The van der Waals surface area contributed by atoms with Gasteiger partial charge in [-0.15, -0.1) is 10.2 Å². The third kappa shape index (κ3) is 1.36. The minimum absolute atomic E-state index is 0.0489. The van der Waals surface area contributed by atoms with Gasteiger partial charge < -0.3 is 0 Å². The average Bonchev–Trinajstić information content (AvgIpc) is 2.72. The van der Waals surface area contributed by atoms with Crippen LogP contribution in [-0.2, 0) is 0 Å². The van der Waals surface area contributed by atoms with Crippen LogP contribution < -0.4 is 0 Å². The maximum Gasteiger partial charge on any atom is 0.177 e. The van der Waals surface area contributed by atoms with E-state index in [2.05, 4.69) is 15.3 Å². The summed E-state index contributed by atoms with van der Waals surface area (Å²) < 4.78 is 8.95. The van der Waals surface area contributed by atoms with Gasteiger partial charge in [0.05, 0.1) is 5.69 Å². The second-order valence-electron chi connectivity index (χ2n) is 3.15. The van der Waals surface area contributed by atoms with Crippen LogP contribution in [0.1, 0.15) is 1.37 Å². The monoisotopic (exact) mass is 197 g/mol. The molecule has 0 aliphatic carbocycles. The molecule has 1 aromatic carbocycles. The fourth-order valence-electron chi connectivity index (χ4n) is 1.44. The number of benzene rings is 1. The molecule has 15 heavy (non-hydrogen) atoms. The molecule has 0 aliphatic rings. The zero-order chi connectivity index (χ0) is 11.0. The van der Waals surface area contributed by atoms with Gasteiger partial charge in [0, 0.05) is 5.56 Å². The van der Waals surface area contributed by atoms with E-state index in [0.717, 1.165) is 11.3 Å². The molecule has 0 radical (unpaired) electrons. The molecular weight excluding hydrogens is 188 g/mol. The van der Waals surface area contributed by atoms with Crippen LogP contribution in [0.5, 0.6) is 0 Å². The van der Waals surface area contributed by atoms with Crippen molar-refractivity contribution in [1.82, 2.24) is 19.8 Å². The van der Waals surface area contributed by atoms with Crippen molar-refractivity contribution in [3.63, 3.8) is 0 Å². The number of hydrogen-bond donors (Lipinski definition) is 0. The number of hydrogen-bond acceptors (Lipinski definition) is 3. The van der Waals surface area contributed by atoms with Crippen LogP contribution in [0.15, 0.2) is 48.8 Å². The Hall–Kier alpha value is -2.23. The molecule has 4 nitrogen and oxygen atoms in total. The summed E-state index contributed by atoms with van der Waals surface area (Å²) >= 11 is 0. The Morgan fingerprint density at radius 3 is 2.80 bits per heavy atom. The van der Waals surface area contributed by atoms with E-state index in [1.54, 1.807) is 6.07 Å². The van der Waals surface area contributed by atoms with Gasteiger partial charge >= 0.3 is 0 Å². The van der Waals surface area contributed by atoms with E-state index >= 15 is 0 Å². The molecule has 0 unspecified atom stereocenters. The predicted octanol–water partition coefficient (Wildman–Crippen LogP) is 1.79. The fourth-order valence-corrected chi connectivity index (χ4v) is 1.44. The van der Waals surface area contributed by atoms with Gasteiger partial charge in [-0.25, -0.2) is 0 Å². The summed E-state index contributed by atoms with van der Waals surface area (Å²) in [7, 11) is 0. The number of rotatable bonds is 1. The Bertz CT molecular complexity index is 633. The number of aromatic nitrogens is 4. The maximum atomic E-state index is 7.53. The Kier molecular flexibility index (Phi) is 1.50. The summed E-state index contributed by atoms with van der Waals surface area (Å²) in [4.78, 5) is 0. The van der Waals surface area contributed by atoms with Crippen molar-refractivity contribution in [1.29, 1.82) is 0 Å². The summed E-state index contributed by atoms with van der Waals surface area (Å²) in [6.07, 6.45) is 0.0489. The van der Waals surface area contributed by atoms with E-state index in [9.17, 15) is 0 Å². The molecule has 0 amide bonds. The Balaban J connectivity index is 2.22. The standard InChI is InChI=1S/C11H8N4/c1-2-4-9(5-3-1)10-6-7-11-13-12-8-15(11)14-10/h1-8H/i8D. The van der Waals surface area contributed by atoms with Crippen molar-refractivity contribution in [3.8, 4) is 11.3 Å². The number of nitrogens with zero attached hydrogens (tertiary/aromatic N) is 4. The smallest absolute Gasteiger partial charge is 0.177 e. The quantitative estimate of drug-likeness (QED) is 0.597. The van der Waals surface area contributed by atoms with Gasteiger partial charge in [0.1, 0.15) is 7.67 Å². The fraction of sp³-hybridized carbons (Fsp3) is 0. The van der Waals surface area contributed by atoms with Gasteiger partial charge in [0.25, 0.3) is 0 Å². The van der Waals surface area contributed by atoms with Gasteiger partial charge in [-0.2, -0.15) is 9.61 Å². The van der Waals surface area contributed by atoms with Crippen molar-refractivity contribution < 1.29 is 1.37 Å². The van der Waals surface area contributed by atoms with Crippen molar-refractivity contribution in [2.75, 3.05) is 0 Å². The van der Waals surface area contributed by atoms with Crippen LogP contribution in [0.25, 0.3) is 16.9 Å². The maximum absolute atomic E-state index is 7.53. The summed E-state index contributed by atoms with van der Waals surface area (Å²) in [6.45, 7) is 0. The molecule has 2 aromatic heterocycles. The first kappa shape index (κ1) is 7.11. The van der Waals surface area contributed by atoms with Crippen LogP contribution in [0.3, 0.4) is 0 Å². The molecule has 3 rings (SSSR count). The summed E-state index contributed by atoms with van der Waals surface area (Å²) in [6, 6.07) is 13.5. The van der Waals surface area contributed by atoms with Crippen LogP contribution >= 0.6 is 0 Å². The molecule has 2 heterocycles. The van der Waals surface area contributed by atoms with Crippen LogP contribution in [0, 0.1) is 0 Å².